The molecule has 0 N–H and O–H groups in total. The van der Waals surface area contributed by atoms with E-state index in [1.54, 1.807) is 11.3 Å². The molecule has 0 unspecified atom stereocenters. The van der Waals surface area contributed by atoms with E-state index in [0.29, 0.717) is 0 Å². The molecule has 4 nitrogen and oxygen atoms in total. The third-order valence-corrected chi connectivity index (χ3v) is 7.42. The lowest BCUT2D eigenvalue weighted by atomic mass is 9.99. The van der Waals surface area contributed by atoms with Crippen molar-refractivity contribution < 1.29 is 4.39 Å². The number of aromatic nitrogens is 2. The third-order valence-electron chi connectivity index (χ3n) is 6.25. The minimum atomic E-state index is -0.211. The van der Waals surface area contributed by atoms with Crippen LogP contribution >= 0.6 is 22.9 Å². The van der Waals surface area contributed by atoms with Crippen LogP contribution in [0.25, 0.3) is 21.3 Å². The van der Waals surface area contributed by atoms with Gasteiger partial charge in [-0.1, -0.05) is 18.2 Å². The molecule has 164 valence electrons. The minimum Gasteiger partial charge on any atom is -0.368 e. The zero-order valence-electron chi connectivity index (χ0n) is 18.3. The molecular formula is C25H24ClFN4S. The zero-order chi connectivity index (χ0) is 22.4. The van der Waals surface area contributed by atoms with Gasteiger partial charge >= 0.3 is 0 Å². The van der Waals surface area contributed by atoms with E-state index < -0.39 is 0 Å². The van der Waals surface area contributed by atoms with Gasteiger partial charge in [0.15, 0.2) is 0 Å². The summed E-state index contributed by atoms with van der Waals surface area (Å²) in [5.74, 6) is 0.688. The smallest absolute Gasteiger partial charge is 0.225 e. The molecule has 32 heavy (non-hydrogen) atoms. The van der Waals surface area contributed by atoms with Gasteiger partial charge < -0.3 is 9.80 Å². The van der Waals surface area contributed by atoms with E-state index in [9.17, 15) is 4.39 Å². The monoisotopic (exact) mass is 466 g/mol. The lowest BCUT2D eigenvalue weighted by Gasteiger charge is -2.37. The fourth-order valence-corrected chi connectivity index (χ4v) is 5.62. The van der Waals surface area contributed by atoms with E-state index in [1.807, 2.05) is 12.1 Å². The Labute approximate surface area is 196 Å². The van der Waals surface area contributed by atoms with E-state index in [1.165, 1.54) is 39.3 Å². The van der Waals surface area contributed by atoms with E-state index in [2.05, 4.69) is 53.8 Å². The summed E-state index contributed by atoms with van der Waals surface area (Å²) in [5, 5.41) is 1.36. The molecule has 0 radical (unpaired) electrons. The molecule has 7 heteroatoms. The predicted octanol–water partition coefficient (Wildman–Crippen LogP) is 6.40. The molecule has 0 spiro atoms. The van der Waals surface area contributed by atoms with Crippen LogP contribution in [0.15, 0.2) is 42.5 Å². The average Bonchev–Trinajstić information content (AvgIpc) is 3.11. The maximum absolute atomic E-state index is 13.3. The van der Waals surface area contributed by atoms with Gasteiger partial charge in [-0.3, -0.25) is 0 Å². The van der Waals surface area contributed by atoms with Crippen LogP contribution in [-0.2, 0) is 0 Å². The lowest BCUT2D eigenvalue weighted by molar-refractivity contribution is 0.624. The normalized spacial score (nSPS) is 14.4. The molecule has 0 aliphatic carbocycles. The first-order valence-electron chi connectivity index (χ1n) is 10.7. The Balaban J connectivity index is 1.53. The van der Waals surface area contributed by atoms with Crippen molar-refractivity contribution >= 4 is 44.7 Å². The number of anilines is 2. The number of halogens is 2. The number of thiophene rings is 1. The molecule has 0 bridgehead atoms. The molecule has 4 aromatic rings. The molecule has 2 aromatic heterocycles. The van der Waals surface area contributed by atoms with Crippen molar-refractivity contribution in [2.45, 2.75) is 20.8 Å². The van der Waals surface area contributed by atoms with E-state index in [4.69, 9.17) is 16.6 Å². The molecule has 0 atom stereocenters. The number of piperazine rings is 1. The highest BCUT2D eigenvalue weighted by molar-refractivity contribution is 7.19. The largest absolute Gasteiger partial charge is 0.368 e. The van der Waals surface area contributed by atoms with Crippen LogP contribution in [0.3, 0.4) is 0 Å². The number of aryl methyl sites for hydroxylation is 3. The summed E-state index contributed by atoms with van der Waals surface area (Å²) in [4.78, 5) is 16.0. The SMILES string of the molecule is Cc1ccc(-c2c(C)sc3nc(Cl)nc(N4CCN(c5ccc(F)cc5)CC4)c23)cc1C. The molecule has 1 aliphatic rings. The summed E-state index contributed by atoms with van der Waals surface area (Å²) >= 11 is 8.01. The van der Waals surface area contributed by atoms with Crippen molar-refractivity contribution in [2.75, 3.05) is 36.0 Å². The third kappa shape index (κ3) is 3.82. The second-order valence-corrected chi connectivity index (χ2v) is 9.82. The second kappa shape index (κ2) is 8.34. The molecule has 1 fully saturated rings. The Morgan fingerprint density at radius 2 is 1.56 bits per heavy atom. The van der Waals surface area contributed by atoms with Crippen LogP contribution in [0, 0.1) is 26.6 Å². The lowest BCUT2D eigenvalue weighted by Crippen LogP contribution is -2.47. The fraction of sp³-hybridized carbons (Fsp3) is 0.280. The summed E-state index contributed by atoms with van der Waals surface area (Å²) in [5.41, 5.74) is 5.97. The molecule has 3 heterocycles. The standard InChI is InChI=1S/C25H24ClFN4S/c1-15-4-5-18(14-16(15)2)21-17(3)32-24-22(21)23(28-25(26)29-24)31-12-10-30(11-13-31)20-8-6-19(27)7-9-20/h4-9,14H,10-13H2,1-3H3. The van der Waals surface area contributed by atoms with Crippen LogP contribution in [0.1, 0.15) is 16.0 Å². The maximum Gasteiger partial charge on any atom is 0.225 e. The zero-order valence-corrected chi connectivity index (χ0v) is 19.9. The van der Waals surface area contributed by atoms with Crippen molar-refractivity contribution in [3.8, 4) is 11.1 Å². The predicted molar refractivity (Wildman–Crippen MR) is 133 cm³/mol. The molecule has 1 aliphatic heterocycles. The second-order valence-electron chi connectivity index (χ2n) is 8.28. The molecule has 0 saturated carbocycles. The Morgan fingerprint density at radius 1 is 0.875 bits per heavy atom. The van der Waals surface area contributed by atoms with E-state index in [0.717, 1.165) is 47.9 Å². The summed E-state index contributed by atoms with van der Waals surface area (Å²) in [6.45, 7) is 9.69. The first-order chi connectivity index (χ1) is 15.4. The Bertz CT molecular complexity index is 1290. The highest BCUT2D eigenvalue weighted by Gasteiger charge is 2.25. The van der Waals surface area contributed by atoms with Gasteiger partial charge in [-0.2, -0.15) is 4.98 Å². The van der Waals surface area contributed by atoms with Crippen LogP contribution in [0.4, 0.5) is 15.9 Å². The van der Waals surface area contributed by atoms with Crippen LogP contribution in [0.5, 0.6) is 0 Å². The van der Waals surface area contributed by atoms with Crippen molar-refractivity contribution in [1.82, 2.24) is 9.97 Å². The Kier molecular flexibility index (Phi) is 5.51. The average molecular weight is 467 g/mol. The quantitative estimate of drug-likeness (QED) is 0.327. The number of benzene rings is 2. The van der Waals surface area contributed by atoms with Gasteiger partial charge in [0.1, 0.15) is 16.5 Å². The maximum atomic E-state index is 13.3. The summed E-state index contributed by atoms with van der Waals surface area (Å²) in [6, 6.07) is 13.3. The fourth-order valence-electron chi connectivity index (χ4n) is 4.37. The summed E-state index contributed by atoms with van der Waals surface area (Å²) in [7, 11) is 0. The van der Waals surface area contributed by atoms with Gasteiger partial charge in [-0.05, 0) is 73.3 Å². The van der Waals surface area contributed by atoms with Crippen molar-refractivity contribution in [2.24, 2.45) is 0 Å². The molecular weight excluding hydrogens is 443 g/mol. The van der Waals surface area contributed by atoms with Gasteiger partial charge in [0.2, 0.25) is 5.28 Å². The molecule has 2 aromatic carbocycles. The molecule has 1 saturated heterocycles. The Hall–Kier alpha value is -2.70. The highest BCUT2D eigenvalue weighted by Crippen LogP contribution is 2.43. The van der Waals surface area contributed by atoms with Crippen molar-refractivity contribution in [1.29, 1.82) is 0 Å². The van der Waals surface area contributed by atoms with E-state index >= 15 is 0 Å². The van der Waals surface area contributed by atoms with Gasteiger partial charge in [-0.25, -0.2) is 9.37 Å². The van der Waals surface area contributed by atoms with Gasteiger partial charge in [0.05, 0.1) is 5.39 Å². The van der Waals surface area contributed by atoms with Gasteiger partial charge in [0.25, 0.3) is 0 Å². The molecule has 0 amide bonds. The van der Waals surface area contributed by atoms with Gasteiger partial charge in [-0.15, -0.1) is 11.3 Å². The van der Waals surface area contributed by atoms with Crippen molar-refractivity contribution in [3.63, 3.8) is 0 Å². The summed E-state index contributed by atoms with van der Waals surface area (Å²) in [6.07, 6.45) is 0. The number of nitrogens with zero attached hydrogens (tertiary/aromatic N) is 4. The first-order valence-corrected chi connectivity index (χ1v) is 11.9. The van der Waals surface area contributed by atoms with Crippen LogP contribution in [0.2, 0.25) is 5.28 Å². The number of hydrogen-bond donors (Lipinski definition) is 0. The molecule has 5 rings (SSSR count). The first kappa shape index (κ1) is 21.2. The van der Waals surface area contributed by atoms with Crippen molar-refractivity contribution in [3.05, 3.63) is 69.6 Å². The van der Waals surface area contributed by atoms with Crippen LogP contribution < -0.4 is 9.80 Å². The topological polar surface area (TPSA) is 32.3 Å². The van der Waals surface area contributed by atoms with Crippen LogP contribution in [-0.4, -0.2) is 36.1 Å². The Morgan fingerprint density at radius 3 is 2.25 bits per heavy atom. The number of hydrogen-bond acceptors (Lipinski definition) is 5. The number of rotatable bonds is 3. The van der Waals surface area contributed by atoms with Gasteiger partial charge in [0, 0.05) is 42.3 Å². The van der Waals surface area contributed by atoms with E-state index in [-0.39, 0.29) is 11.1 Å². The summed E-state index contributed by atoms with van der Waals surface area (Å²) < 4.78 is 13.3. The number of fused-ring (bicyclic) bond motifs is 1. The highest BCUT2D eigenvalue weighted by atomic mass is 35.5. The minimum absolute atomic E-state index is 0.211.